The standard InChI is InChI=1S/C47H92N8O4S3/c1-5-7-9-11-13-15-17-19-21-23-25-27-37-55(38-28-26-24-22-20-18-16-14-12-10-8-6-2)43(57)30-29-42(56)48-31-32-49-44(60)50-33-34-51-45(61)52-35-36-53-46(62)54-39-41-40-58-47(3,4)59-41/h41H,5-40H2,1-4H3,(H,48,56)(H2,49,50,60)(H2,51,52,61)(H2,53,54,62). The molecule has 2 amide bonds. The summed E-state index contributed by atoms with van der Waals surface area (Å²) in [6.45, 7) is 14.4. The van der Waals surface area contributed by atoms with E-state index >= 15 is 0 Å². The third-order valence-corrected chi connectivity index (χ3v) is 12.0. The quantitative estimate of drug-likeness (QED) is 0.0233. The Hall–Kier alpha value is -2.07. The average molecular weight is 930 g/mol. The number of carbonyl (C=O) groups excluding carboxylic acids is 2. The second-order valence-corrected chi connectivity index (χ2v) is 18.7. The highest BCUT2D eigenvalue weighted by atomic mass is 32.1. The summed E-state index contributed by atoms with van der Waals surface area (Å²) in [6, 6.07) is 0. The maximum absolute atomic E-state index is 13.3. The minimum Gasteiger partial charge on any atom is -0.361 e. The van der Waals surface area contributed by atoms with Crippen LogP contribution in [-0.2, 0) is 19.1 Å². The minimum atomic E-state index is -0.547. The van der Waals surface area contributed by atoms with Crippen molar-refractivity contribution < 1.29 is 19.1 Å². The van der Waals surface area contributed by atoms with Crippen LogP contribution >= 0.6 is 36.7 Å². The topological polar surface area (TPSA) is 140 Å². The molecule has 1 atom stereocenters. The highest BCUT2D eigenvalue weighted by Crippen LogP contribution is 2.21. The molecule has 1 aliphatic heterocycles. The number of hydrogen-bond acceptors (Lipinski definition) is 7. The number of ether oxygens (including phenoxy) is 2. The Kier molecular flexibility index (Phi) is 37.8. The van der Waals surface area contributed by atoms with Crippen molar-refractivity contribution in [2.75, 3.05) is 65.5 Å². The van der Waals surface area contributed by atoms with Crippen molar-refractivity contribution in [3.63, 3.8) is 0 Å². The molecule has 0 bridgehead atoms. The molecule has 0 saturated carbocycles. The lowest BCUT2D eigenvalue weighted by Crippen LogP contribution is -2.46. The summed E-state index contributed by atoms with van der Waals surface area (Å²) in [6.07, 6.45) is 31.7. The fraction of sp³-hybridized carbons (Fsp3) is 0.894. The summed E-state index contributed by atoms with van der Waals surface area (Å²) in [5, 5.41) is 23.4. The third kappa shape index (κ3) is 36.3. The Morgan fingerprint density at radius 2 is 0.839 bits per heavy atom. The molecule has 0 aromatic heterocycles. The number of nitrogens with zero attached hydrogens (tertiary/aromatic N) is 1. The van der Waals surface area contributed by atoms with Crippen LogP contribution in [0, 0.1) is 0 Å². The van der Waals surface area contributed by atoms with Gasteiger partial charge in [-0.25, -0.2) is 0 Å². The van der Waals surface area contributed by atoms with Gasteiger partial charge in [-0.3, -0.25) is 9.59 Å². The summed E-state index contributed by atoms with van der Waals surface area (Å²) in [7, 11) is 0. The lowest BCUT2D eigenvalue weighted by atomic mass is 10.0. The van der Waals surface area contributed by atoms with Crippen LogP contribution in [0.15, 0.2) is 0 Å². The average Bonchev–Trinajstić information content (AvgIpc) is 3.61. The van der Waals surface area contributed by atoms with Crippen LogP contribution in [0.5, 0.6) is 0 Å². The van der Waals surface area contributed by atoms with E-state index in [0.717, 1.165) is 25.9 Å². The Bertz CT molecular complexity index is 1140. The van der Waals surface area contributed by atoms with Crippen LogP contribution in [0.1, 0.15) is 195 Å². The zero-order valence-electron chi connectivity index (χ0n) is 39.8. The van der Waals surface area contributed by atoms with Gasteiger partial charge in [0.1, 0.15) is 6.10 Å². The zero-order valence-corrected chi connectivity index (χ0v) is 42.3. The molecule has 62 heavy (non-hydrogen) atoms. The molecule has 1 heterocycles. The van der Waals surface area contributed by atoms with Crippen LogP contribution in [0.2, 0.25) is 0 Å². The van der Waals surface area contributed by atoms with Gasteiger partial charge in [0.05, 0.1) is 6.61 Å². The van der Waals surface area contributed by atoms with Crippen molar-refractivity contribution >= 4 is 63.8 Å². The molecule has 1 saturated heterocycles. The van der Waals surface area contributed by atoms with E-state index in [2.05, 4.69) is 51.1 Å². The molecular weight excluding hydrogens is 837 g/mol. The van der Waals surface area contributed by atoms with Crippen molar-refractivity contribution in [2.45, 2.75) is 207 Å². The van der Waals surface area contributed by atoms with Gasteiger partial charge in [0.25, 0.3) is 0 Å². The highest BCUT2D eigenvalue weighted by molar-refractivity contribution is 7.80. The molecule has 7 N–H and O–H groups in total. The van der Waals surface area contributed by atoms with Gasteiger partial charge in [-0.15, -0.1) is 0 Å². The van der Waals surface area contributed by atoms with Crippen LogP contribution < -0.4 is 37.2 Å². The van der Waals surface area contributed by atoms with E-state index in [4.69, 9.17) is 46.1 Å². The number of thiocarbonyl (C=S) groups is 3. The van der Waals surface area contributed by atoms with Gasteiger partial charge < -0.3 is 51.6 Å². The number of hydrogen-bond donors (Lipinski definition) is 7. The molecule has 15 heteroatoms. The van der Waals surface area contributed by atoms with Crippen LogP contribution in [0.3, 0.4) is 0 Å². The minimum absolute atomic E-state index is 0.0284. The number of amides is 2. The lowest BCUT2D eigenvalue weighted by Gasteiger charge is -2.23. The fourth-order valence-corrected chi connectivity index (χ4v) is 8.05. The summed E-state index contributed by atoms with van der Waals surface area (Å²) >= 11 is 16.1. The molecule has 1 fully saturated rings. The van der Waals surface area contributed by atoms with E-state index in [1.165, 1.54) is 141 Å². The van der Waals surface area contributed by atoms with Crippen molar-refractivity contribution in [2.24, 2.45) is 0 Å². The van der Waals surface area contributed by atoms with Gasteiger partial charge in [-0.2, -0.15) is 0 Å². The number of nitrogens with one attached hydrogen (secondary N) is 7. The van der Waals surface area contributed by atoms with Crippen LogP contribution in [0.4, 0.5) is 0 Å². The van der Waals surface area contributed by atoms with E-state index in [-0.39, 0.29) is 30.8 Å². The highest BCUT2D eigenvalue weighted by Gasteiger charge is 2.32. The number of unbranched alkanes of at least 4 members (excludes halogenated alkanes) is 22. The normalized spacial score (nSPS) is 14.2. The molecule has 12 nitrogen and oxygen atoms in total. The molecule has 1 unspecified atom stereocenters. The molecule has 0 spiro atoms. The fourth-order valence-electron chi connectivity index (χ4n) is 7.46. The van der Waals surface area contributed by atoms with Crippen LogP contribution in [0.25, 0.3) is 0 Å². The SMILES string of the molecule is CCCCCCCCCCCCCCN(CCCCCCCCCCCCCC)C(=O)CCC(=O)NCCNC(=S)NCCNC(=S)NCCNC(=S)NCC1COC(C)(C)O1. The second-order valence-electron chi connectivity index (χ2n) is 17.5. The number of rotatable bonds is 40. The van der Waals surface area contributed by atoms with Gasteiger partial charge in [-0.05, 0) is 63.3 Å². The van der Waals surface area contributed by atoms with Crippen molar-refractivity contribution in [3.8, 4) is 0 Å². The Balaban J connectivity index is 2.20. The first-order valence-electron chi connectivity index (χ1n) is 25.0. The largest absolute Gasteiger partial charge is 0.361 e. The molecule has 1 aliphatic rings. The molecule has 0 radical (unpaired) electrons. The molecule has 0 aliphatic carbocycles. The number of carbonyl (C=O) groups is 2. The zero-order chi connectivity index (χ0) is 45.4. The molecule has 0 aromatic rings. The van der Waals surface area contributed by atoms with Crippen LogP contribution in [-0.4, -0.2) is 109 Å². The van der Waals surface area contributed by atoms with Crippen molar-refractivity contribution in [3.05, 3.63) is 0 Å². The Morgan fingerprint density at radius 3 is 1.19 bits per heavy atom. The van der Waals surface area contributed by atoms with E-state index in [1.54, 1.807) is 0 Å². The Morgan fingerprint density at radius 1 is 0.500 bits per heavy atom. The predicted molar refractivity (Wildman–Crippen MR) is 272 cm³/mol. The van der Waals surface area contributed by atoms with Crippen molar-refractivity contribution in [1.29, 1.82) is 0 Å². The predicted octanol–water partition coefficient (Wildman–Crippen LogP) is 8.66. The van der Waals surface area contributed by atoms with E-state index in [0.29, 0.717) is 67.8 Å². The van der Waals surface area contributed by atoms with Crippen molar-refractivity contribution in [1.82, 2.24) is 42.1 Å². The molecule has 1 rings (SSSR count). The maximum atomic E-state index is 13.3. The van der Waals surface area contributed by atoms with E-state index < -0.39 is 5.79 Å². The summed E-state index contributed by atoms with van der Waals surface area (Å²) in [5.74, 6) is -0.544. The van der Waals surface area contributed by atoms with Gasteiger partial charge >= 0.3 is 0 Å². The Labute approximate surface area is 395 Å². The smallest absolute Gasteiger partial charge is 0.223 e. The molecule has 0 aromatic carbocycles. The first-order chi connectivity index (χ1) is 30.1. The monoisotopic (exact) mass is 929 g/mol. The van der Waals surface area contributed by atoms with Gasteiger partial charge in [0, 0.05) is 71.7 Å². The second kappa shape index (κ2) is 40.4. The summed E-state index contributed by atoms with van der Waals surface area (Å²) in [4.78, 5) is 28.0. The van der Waals surface area contributed by atoms with E-state index in [9.17, 15) is 9.59 Å². The van der Waals surface area contributed by atoms with E-state index in [1.807, 2.05) is 18.7 Å². The third-order valence-electron chi connectivity index (χ3n) is 11.2. The first kappa shape index (κ1) is 57.9. The lowest BCUT2D eigenvalue weighted by molar-refractivity contribution is -0.137. The molecular formula is C47H92N8O4S3. The van der Waals surface area contributed by atoms with Gasteiger partial charge in [0.2, 0.25) is 11.8 Å². The first-order valence-corrected chi connectivity index (χ1v) is 26.2. The summed E-state index contributed by atoms with van der Waals surface area (Å²) < 4.78 is 11.3. The van der Waals surface area contributed by atoms with Gasteiger partial charge in [-0.1, -0.05) is 155 Å². The molecule has 362 valence electrons. The maximum Gasteiger partial charge on any atom is 0.223 e. The summed E-state index contributed by atoms with van der Waals surface area (Å²) in [5.41, 5.74) is 0. The van der Waals surface area contributed by atoms with Gasteiger partial charge in [0.15, 0.2) is 21.1 Å².